The van der Waals surface area contributed by atoms with Crippen molar-refractivity contribution >= 4 is 5.96 Å². The lowest BCUT2D eigenvalue weighted by Crippen LogP contribution is -2.50. The molecule has 0 saturated carbocycles. The Balaban J connectivity index is 1.78. The van der Waals surface area contributed by atoms with Crippen molar-refractivity contribution in [3.05, 3.63) is 11.7 Å². The number of hydrogen-bond acceptors (Lipinski definition) is 5. The predicted octanol–water partition coefficient (Wildman–Crippen LogP) is 2.80. The summed E-state index contributed by atoms with van der Waals surface area (Å²) in [7, 11) is 1.81. The summed E-state index contributed by atoms with van der Waals surface area (Å²) in [5, 5.41) is 10.9. The third-order valence-electron chi connectivity index (χ3n) is 5.21. The van der Waals surface area contributed by atoms with Crippen LogP contribution in [0.3, 0.4) is 0 Å². The van der Waals surface area contributed by atoms with Crippen molar-refractivity contribution in [2.45, 2.75) is 71.8 Å². The van der Waals surface area contributed by atoms with Gasteiger partial charge in [-0.15, -0.1) is 0 Å². The fourth-order valence-electron chi connectivity index (χ4n) is 3.53. The van der Waals surface area contributed by atoms with Crippen LogP contribution in [-0.2, 0) is 6.42 Å². The van der Waals surface area contributed by atoms with Gasteiger partial charge in [0.2, 0.25) is 5.89 Å². The number of nitrogens with zero attached hydrogens (tertiary/aromatic N) is 4. The van der Waals surface area contributed by atoms with Gasteiger partial charge in [0, 0.05) is 38.5 Å². The van der Waals surface area contributed by atoms with E-state index in [4.69, 9.17) is 4.52 Å². The van der Waals surface area contributed by atoms with E-state index >= 15 is 0 Å². The smallest absolute Gasteiger partial charge is 0.228 e. The Morgan fingerprint density at radius 3 is 2.37 bits per heavy atom. The molecule has 0 radical (unpaired) electrons. The summed E-state index contributed by atoms with van der Waals surface area (Å²) in [6.07, 6.45) is 6.07. The van der Waals surface area contributed by atoms with Crippen LogP contribution >= 0.6 is 0 Å². The zero-order chi connectivity index (χ0) is 19.6. The maximum absolute atomic E-state index is 5.29. The third-order valence-corrected chi connectivity index (χ3v) is 5.21. The van der Waals surface area contributed by atoms with Crippen molar-refractivity contribution in [3.8, 4) is 0 Å². The van der Waals surface area contributed by atoms with E-state index in [1.165, 1.54) is 38.8 Å². The van der Waals surface area contributed by atoms with Gasteiger partial charge in [-0.25, -0.2) is 0 Å². The van der Waals surface area contributed by atoms with E-state index in [1.807, 2.05) is 7.05 Å². The summed E-state index contributed by atoms with van der Waals surface area (Å²) in [5.74, 6) is 3.17. The lowest BCUT2D eigenvalue weighted by Gasteiger charge is -2.34. The third kappa shape index (κ3) is 7.13. The molecule has 154 valence electrons. The monoisotopic (exact) mass is 378 g/mol. The Morgan fingerprint density at radius 1 is 1.11 bits per heavy atom. The van der Waals surface area contributed by atoms with Crippen LogP contribution in [0.15, 0.2) is 9.52 Å². The van der Waals surface area contributed by atoms with E-state index in [-0.39, 0.29) is 5.92 Å². The van der Waals surface area contributed by atoms with Crippen LogP contribution in [0.5, 0.6) is 0 Å². The number of likely N-dealkylation sites (tertiary alicyclic amines) is 1. The van der Waals surface area contributed by atoms with E-state index in [9.17, 15) is 0 Å². The molecule has 7 nitrogen and oxygen atoms in total. The van der Waals surface area contributed by atoms with E-state index < -0.39 is 0 Å². The van der Waals surface area contributed by atoms with Crippen molar-refractivity contribution in [2.75, 3.05) is 33.2 Å². The minimum atomic E-state index is 0.289. The minimum absolute atomic E-state index is 0.289. The van der Waals surface area contributed by atoms with Crippen LogP contribution in [0.2, 0.25) is 0 Å². The summed E-state index contributed by atoms with van der Waals surface area (Å²) in [6, 6.07) is 0.534. The standard InChI is InChI=1S/C20H38N6O/c1-15(2)17(26-12-8-6-7-9-13-26)14-23-20(21-5)22-11-10-18-24-19(16(3)4)25-27-18/h15-17H,6-14H2,1-5H3,(H2,21,22,23). The Morgan fingerprint density at radius 2 is 1.81 bits per heavy atom. The summed E-state index contributed by atoms with van der Waals surface area (Å²) in [5.41, 5.74) is 0. The maximum atomic E-state index is 5.29. The molecule has 7 heteroatoms. The SMILES string of the molecule is CN=C(NCCc1nc(C(C)C)no1)NCC(C(C)C)N1CCCCCC1. The molecule has 0 amide bonds. The molecular formula is C20H38N6O. The van der Waals surface area contributed by atoms with Crippen LogP contribution in [0.4, 0.5) is 0 Å². The molecule has 2 N–H and O–H groups in total. The first-order chi connectivity index (χ1) is 13.0. The second kappa shape index (κ2) is 11.3. The molecule has 0 aliphatic carbocycles. The van der Waals surface area contributed by atoms with Gasteiger partial charge in [0.15, 0.2) is 11.8 Å². The maximum Gasteiger partial charge on any atom is 0.228 e. The molecule has 1 aliphatic rings. The van der Waals surface area contributed by atoms with Gasteiger partial charge in [0.25, 0.3) is 0 Å². The fraction of sp³-hybridized carbons (Fsp3) is 0.850. The van der Waals surface area contributed by atoms with E-state index in [2.05, 4.69) is 58.4 Å². The van der Waals surface area contributed by atoms with E-state index in [0.29, 0.717) is 24.3 Å². The van der Waals surface area contributed by atoms with Crippen LogP contribution in [0, 0.1) is 5.92 Å². The molecule has 27 heavy (non-hydrogen) atoms. The molecule has 2 heterocycles. The Hall–Kier alpha value is -1.63. The van der Waals surface area contributed by atoms with Gasteiger partial charge < -0.3 is 15.2 Å². The van der Waals surface area contributed by atoms with Gasteiger partial charge in [0.1, 0.15) is 0 Å². The van der Waals surface area contributed by atoms with E-state index in [1.54, 1.807) is 0 Å². The number of aromatic nitrogens is 2. The van der Waals surface area contributed by atoms with Gasteiger partial charge >= 0.3 is 0 Å². The quantitative estimate of drug-likeness (QED) is 0.535. The van der Waals surface area contributed by atoms with Crippen molar-refractivity contribution < 1.29 is 4.52 Å². The number of guanidine groups is 1. The molecule has 0 bridgehead atoms. The highest BCUT2D eigenvalue weighted by molar-refractivity contribution is 5.79. The van der Waals surface area contributed by atoms with Gasteiger partial charge in [-0.05, 0) is 31.8 Å². The molecule has 1 aromatic heterocycles. The normalized spacial score (nSPS) is 18.0. The van der Waals surface area contributed by atoms with E-state index in [0.717, 1.165) is 24.9 Å². The first-order valence-corrected chi connectivity index (χ1v) is 10.5. The van der Waals surface area contributed by atoms with Crippen molar-refractivity contribution in [2.24, 2.45) is 10.9 Å². The Bertz CT molecular complexity index is 561. The number of aliphatic imine (C=N–C) groups is 1. The Labute approximate surface area is 164 Å². The largest absolute Gasteiger partial charge is 0.356 e. The lowest BCUT2D eigenvalue weighted by atomic mass is 10.0. The fourth-order valence-corrected chi connectivity index (χ4v) is 3.53. The van der Waals surface area contributed by atoms with Crippen molar-refractivity contribution in [1.29, 1.82) is 0 Å². The Kier molecular flexibility index (Phi) is 9.04. The van der Waals surface area contributed by atoms with Crippen LogP contribution < -0.4 is 10.6 Å². The predicted molar refractivity (Wildman–Crippen MR) is 110 cm³/mol. The molecule has 0 aromatic carbocycles. The minimum Gasteiger partial charge on any atom is -0.356 e. The summed E-state index contributed by atoms with van der Waals surface area (Å²) in [6.45, 7) is 12.8. The second-order valence-corrected chi connectivity index (χ2v) is 8.09. The molecule has 1 aliphatic heterocycles. The van der Waals surface area contributed by atoms with Crippen molar-refractivity contribution in [1.82, 2.24) is 25.7 Å². The van der Waals surface area contributed by atoms with Crippen LogP contribution in [0.25, 0.3) is 0 Å². The van der Waals surface area contributed by atoms with Crippen LogP contribution in [-0.4, -0.2) is 60.3 Å². The topological polar surface area (TPSA) is 78.6 Å². The highest BCUT2D eigenvalue weighted by Gasteiger charge is 2.22. The highest BCUT2D eigenvalue weighted by atomic mass is 16.5. The number of hydrogen-bond donors (Lipinski definition) is 2. The average molecular weight is 379 g/mol. The molecule has 1 unspecified atom stereocenters. The van der Waals surface area contributed by atoms with Gasteiger partial charge in [-0.2, -0.15) is 4.98 Å². The summed E-state index contributed by atoms with van der Waals surface area (Å²) in [4.78, 5) is 11.4. The lowest BCUT2D eigenvalue weighted by molar-refractivity contribution is 0.161. The molecule has 1 aromatic rings. The zero-order valence-corrected chi connectivity index (χ0v) is 17.8. The molecular weight excluding hydrogens is 340 g/mol. The number of rotatable bonds is 8. The number of nitrogens with one attached hydrogen (secondary N) is 2. The molecule has 1 saturated heterocycles. The average Bonchev–Trinajstić information content (AvgIpc) is 2.95. The summed E-state index contributed by atoms with van der Waals surface area (Å²) >= 11 is 0. The highest BCUT2D eigenvalue weighted by Crippen LogP contribution is 2.17. The zero-order valence-electron chi connectivity index (χ0n) is 17.8. The van der Waals surface area contributed by atoms with Gasteiger partial charge in [0.05, 0.1) is 0 Å². The molecule has 1 atom stereocenters. The van der Waals surface area contributed by atoms with Crippen molar-refractivity contribution in [3.63, 3.8) is 0 Å². The van der Waals surface area contributed by atoms with Crippen LogP contribution in [0.1, 0.15) is 71.0 Å². The first-order valence-electron chi connectivity index (χ1n) is 10.5. The van der Waals surface area contributed by atoms with Gasteiger partial charge in [-0.3, -0.25) is 9.89 Å². The summed E-state index contributed by atoms with van der Waals surface area (Å²) < 4.78 is 5.29. The second-order valence-electron chi connectivity index (χ2n) is 8.09. The molecule has 0 spiro atoms. The molecule has 2 rings (SSSR count). The molecule has 1 fully saturated rings. The van der Waals surface area contributed by atoms with Gasteiger partial charge in [-0.1, -0.05) is 45.7 Å². The first kappa shape index (κ1) is 21.7.